The summed E-state index contributed by atoms with van der Waals surface area (Å²) in [5.41, 5.74) is 1.17. The molecule has 3 aromatic rings. The van der Waals surface area contributed by atoms with E-state index in [1.165, 1.54) is 6.07 Å². The van der Waals surface area contributed by atoms with Crippen LogP contribution in [0, 0.1) is 12.7 Å². The molecule has 3 aliphatic rings. The molecule has 1 saturated carbocycles. The Morgan fingerprint density at radius 2 is 1.80 bits per heavy atom. The van der Waals surface area contributed by atoms with Gasteiger partial charge in [0, 0.05) is 63.0 Å². The van der Waals surface area contributed by atoms with Gasteiger partial charge in [0.15, 0.2) is 5.82 Å². The number of piperidine rings is 1. The number of carbonyl (C=O) groups is 2. The van der Waals surface area contributed by atoms with Crippen LogP contribution in [0.5, 0.6) is 0 Å². The summed E-state index contributed by atoms with van der Waals surface area (Å²) in [6.45, 7) is 12.0. The van der Waals surface area contributed by atoms with Gasteiger partial charge < -0.3 is 29.3 Å². The summed E-state index contributed by atoms with van der Waals surface area (Å²) in [4.78, 5) is 45.9. The van der Waals surface area contributed by atoms with Gasteiger partial charge in [0.1, 0.15) is 11.4 Å². The number of carbonyl (C=O) groups excluding carboxylic acids is 2. The van der Waals surface area contributed by atoms with E-state index >= 15 is 4.39 Å². The number of halogens is 1. The Balaban J connectivity index is 1.11. The van der Waals surface area contributed by atoms with Crippen LogP contribution in [0.1, 0.15) is 92.5 Å². The van der Waals surface area contributed by atoms with E-state index in [1.807, 2.05) is 29.7 Å². The Hall–Kier alpha value is -4.29. The molecule has 2 aliphatic heterocycles. The van der Waals surface area contributed by atoms with Crippen LogP contribution in [0.2, 0.25) is 0 Å². The number of hydrogen-bond acceptors (Lipinski definition) is 10. The fourth-order valence-corrected chi connectivity index (χ4v) is 6.39. The van der Waals surface area contributed by atoms with Gasteiger partial charge in [-0.2, -0.15) is 4.98 Å². The lowest BCUT2D eigenvalue weighted by molar-refractivity contribution is 0.0504. The minimum absolute atomic E-state index is 0.0718. The predicted octanol–water partition coefficient (Wildman–Crippen LogP) is 4.81. The van der Waals surface area contributed by atoms with Crippen LogP contribution in [-0.4, -0.2) is 87.4 Å². The molecule has 3 fully saturated rings. The van der Waals surface area contributed by atoms with Crippen LogP contribution in [0.25, 0.3) is 0 Å². The number of nitrogens with zero attached hydrogens (tertiary/aromatic N) is 7. The van der Waals surface area contributed by atoms with Crippen LogP contribution in [-0.2, 0) is 4.74 Å². The van der Waals surface area contributed by atoms with E-state index in [0.717, 1.165) is 50.2 Å². The molecule has 1 aliphatic carbocycles. The van der Waals surface area contributed by atoms with Gasteiger partial charge in [-0.1, -0.05) is 22.9 Å². The van der Waals surface area contributed by atoms with Crippen molar-refractivity contribution in [3.8, 4) is 0 Å². The summed E-state index contributed by atoms with van der Waals surface area (Å²) in [7, 11) is 0. The molecule has 46 heavy (non-hydrogen) atoms. The van der Waals surface area contributed by atoms with Crippen LogP contribution in [0.15, 0.2) is 35.1 Å². The van der Waals surface area contributed by atoms with E-state index in [-0.39, 0.29) is 23.7 Å². The second-order valence-electron chi connectivity index (χ2n) is 13.6. The zero-order valence-electron chi connectivity index (χ0n) is 27.2. The average molecular weight is 635 g/mol. The molecule has 13 heteroatoms. The molecular weight excluding hydrogens is 591 g/mol. The largest absolute Gasteiger partial charge is 0.444 e. The van der Waals surface area contributed by atoms with E-state index in [9.17, 15) is 9.59 Å². The molecule has 0 radical (unpaired) electrons. The monoisotopic (exact) mass is 634 g/mol. The first-order valence-electron chi connectivity index (χ1n) is 16.2. The van der Waals surface area contributed by atoms with E-state index in [4.69, 9.17) is 9.26 Å². The van der Waals surface area contributed by atoms with E-state index in [1.54, 1.807) is 39.2 Å². The summed E-state index contributed by atoms with van der Waals surface area (Å²) < 4.78 is 26.0. The quantitative estimate of drug-likeness (QED) is 0.368. The standard InChI is InChI=1S/C33H43FN8O4/c1-6-42(23-11-13-40(14-12-23)31-38-28(39-46-31)21-8-9-21)29(43)22-16-35-30(36-17-22)41-18-25(24-15-20(2)7-10-26(24)34)27(19-41)37-32(44)45-33(3,4)5/h7,10,15-17,21,23,25,27H,6,8-9,11-14,18-19H2,1-5H3,(H,37,44)/t25-,27+/m1/s1. The molecule has 2 saturated heterocycles. The zero-order chi connectivity index (χ0) is 32.6. The van der Waals surface area contributed by atoms with Crippen molar-refractivity contribution < 1.29 is 23.2 Å². The Morgan fingerprint density at radius 1 is 1.09 bits per heavy atom. The molecule has 246 valence electrons. The zero-order valence-corrected chi connectivity index (χ0v) is 27.2. The van der Waals surface area contributed by atoms with Crippen LogP contribution < -0.4 is 15.1 Å². The van der Waals surface area contributed by atoms with E-state index in [0.29, 0.717) is 48.6 Å². The van der Waals surface area contributed by atoms with Gasteiger partial charge in [-0.25, -0.2) is 19.2 Å². The lowest BCUT2D eigenvalue weighted by Crippen LogP contribution is -2.47. The average Bonchev–Trinajstić information content (AvgIpc) is 3.61. The fourth-order valence-electron chi connectivity index (χ4n) is 6.39. The van der Waals surface area contributed by atoms with Crippen molar-refractivity contribution in [3.63, 3.8) is 0 Å². The molecule has 2 atom stereocenters. The minimum atomic E-state index is -0.672. The maximum absolute atomic E-state index is 15.0. The Morgan fingerprint density at radius 3 is 2.46 bits per heavy atom. The smallest absolute Gasteiger partial charge is 0.407 e. The molecule has 6 rings (SSSR count). The Kier molecular flexibility index (Phi) is 8.84. The summed E-state index contributed by atoms with van der Waals surface area (Å²) >= 11 is 0. The maximum Gasteiger partial charge on any atom is 0.407 e. The molecule has 1 aromatic carbocycles. The molecule has 0 bridgehead atoms. The van der Waals surface area contributed by atoms with Crippen molar-refractivity contribution >= 4 is 24.0 Å². The van der Waals surface area contributed by atoms with Gasteiger partial charge in [-0.3, -0.25) is 4.79 Å². The lowest BCUT2D eigenvalue weighted by atomic mass is 9.92. The summed E-state index contributed by atoms with van der Waals surface area (Å²) in [6, 6.07) is 5.19. The number of ether oxygens (including phenoxy) is 1. The van der Waals surface area contributed by atoms with Gasteiger partial charge in [-0.05, 0) is 71.9 Å². The first-order valence-corrected chi connectivity index (χ1v) is 16.2. The molecule has 12 nitrogen and oxygen atoms in total. The SMILES string of the molecule is CCN(C(=O)c1cnc(N2C[C@H](NC(=O)OC(C)(C)C)[C@@H](c3cc(C)ccc3F)C2)nc1)C1CCN(c2nc(C3CC3)no2)CC1. The van der Waals surface area contributed by atoms with Crippen molar-refractivity contribution in [1.82, 2.24) is 30.3 Å². The molecule has 4 heterocycles. The third kappa shape index (κ3) is 7.07. The molecule has 2 aromatic heterocycles. The second-order valence-corrected chi connectivity index (χ2v) is 13.6. The van der Waals surface area contributed by atoms with Gasteiger partial charge in [0.25, 0.3) is 5.91 Å². The summed E-state index contributed by atoms with van der Waals surface area (Å²) in [5.74, 6) is 0.839. The number of aryl methyl sites for hydroxylation is 1. The number of alkyl carbamates (subject to hydrolysis) is 1. The van der Waals surface area contributed by atoms with Gasteiger partial charge in [0.05, 0.1) is 11.6 Å². The van der Waals surface area contributed by atoms with Crippen molar-refractivity contribution in [2.45, 2.75) is 89.8 Å². The minimum Gasteiger partial charge on any atom is -0.444 e. The van der Waals surface area contributed by atoms with Gasteiger partial charge in [0.2, 0.25) is 5.95 Å². The number of hydrogen-bond donors (Lipinski definition) is 1. The highest BCUT2D eigenvalue weighted by Gasteiger charge is 2.39. The molecule has 0 unspecified atom stereocenters. The fraction of sp³-hybridized carbons (Fsp3) is 0.576. The highest BCUT2D eigenvalue weighted by atomic mass is 19.1. The van der Waals surface area contributed by atoms with Crippen molar-refractivity contribution in [1.29, 1.82) is 0 Å². The van der Waals surface area contributed by atoms with Crippen molar-refractivity contribution in [3.05, 3.63) is 58.9 Å². The number of rotatable bonds is 8. The first-order chi connectivity index (χ1) is 22.0. The van der Waals surface area contributed by atoms with Gasteiger partial charge in [-0.15, -0.1) is 0 Å². The van der Waals surface area contributed by atoms with Crippen LogP contribution >= 0.6 is 0 Å². The van der Waals surface area contributed by atoms with E-state index < -0.39 is 17.7 Å². The number of anilines is 2. The maximum atomic E-state index is 15.0. The predicted molar refractivity (Wildman–Crippen MR) is 169 cm³/mol. The molecule has 1 N–H and O–H groups in total. The molecule has 0 spiro atoms. The lowest BCUT2D eigenvalue weighted by Gasteiger charge is -2.37. The Bertz CT molecular complexity index is 1550. The Labute approximate surface area is 268 Å². The third-order valence-electron chi connectivity index (χ3n) is 8.89. The number of benzene rings is 1. The van der Waals surface area contributed by atoms with Gasteiger partial charge >= 0.3 is 12.1 Å². The highest BCUT2D eigenvalue weighted by molar-refractivity contribution is 5.94. The first kappa shape index (κ1) is 31.7. The topological polar surface area (TPSA) is 130 Å². The number of amides is 2. The number of nitrogens with one attached hydrogen (secondary N) is 1. The summed E-state index contributed by atoms with van der Waals surface area (Å²) in [6.07, 6.45) is 6.36. The normalized spacial score (nSPS) is 20.6. The van der Waals surface area contributed by atoms with E-state index in [2.05, 4.69) is 30.3 Å². The molecule has 2 amide bonds. The van der Waals surface area contributed by atoms with Crippen LogP contribution in [0.3, 0.4) is 0 Å². The van der Waals surface area contributed by atoms with Crippen molar-refractivity contribution in [2.24, 2.45) is 0 Å². The molecular formula is C33H43FN8O4. The number of aromatic nitrogens is 4. The second kappa shape index (κ2) is 12.8. The third-order valence-corrected chi connectivity index (χ3v) is 8.89. The van der Waals surface area contributed by atoms with Crippen LogP contribution in [0.4, 0.5) is 21.1 Å². The highest BCUT2D eigenvalue weighted by Crippen LogP contribution is 2.39. The van der Waals surface area contributed by atoms with Crippen molar-refractivity contribution in [2.75, 3.05) is 42.5 Å². The summed E-state index contributed by atoms with van der Waals surface area (Å²) in [5, 5.41) is 7.07.